The number of rotatable bonds is 24. The average Bonchev–Trinajstić information content (AvgIpc) is 0.860. The summed E-state index contributed by atoms with van der Waals surface area (Å²) in [6.07, 6.45) is -3.47. The molecule has 0 aliphatic rings. The summed E-state index contributed by atoms with van der Waals surface area (Å²) in [5, 5.41) is 48.0. The van der Waals surface area contributed by atoms with Gasteiger partial charge in [-0.3, -0.25) is 19.2 Å². The third-order valence-corrected chi connectivity index (χ3v) is 17.5. The number of aromatic carboxylic acids is 4. The molecular weight excluding hydrogens is 1650 g/mol. The van der Waals surface area contributed by atoms with Gasteiger partial charge < -0.3 is 60.6 Å². The minimum Gasteiger partial charge on any atom is -0.489 e. The molecule has 30 heteroatoms. The number of carbonyl (C=O) groups is 8. The molecule has 8 aromatic rings. The van der Waals surface area contributed by atoms with Crippen LogP contribution in [0.1, 0.15) is 123 Å². The second-order valence-electron chi connectivity index (χ2n) is 20.4. The van der Waals surface area contributed by atoms with Crippen molar-refractivity contribution in [3.8, 4) is 23.0 Å². The molecule has 0 atom stereocenters. The van der Waals surface area contributed by atoms with E-state index < -0.39 is 41.4 Å². The molecule has 99 heavy (non-hydrogen) atoms. The Labute approximate surface area is 611 Å². The Morgan fingerprint density at radius 3 is 0.929 bits per heavy atom. The number of carboxylic acids is 4. The number of anilines is 4. The van der Waals surface area contributed by atoms with E-state index in [1.54, 1.807) is 82.3 Å². The number of alkyl halides is 3. The molecule has 0 unspecified atom stereocenters. The van der Waals surface area contributed by atoms with Crippen molar-refractivity contribution >= 4 is 162 Å². The van der Waals surface area contributed by atoms with Crippen LogP contribution in [0.3, 0.4) is 0 Å². The third kappa shape index (κ3) is 26.1. The summed E-state index contributed by atoms with van der Waals surface area (Å²) in [7, 11) is 0. The summed E-state index contributed by atoms with van der Waals surface area (Å²) >= 11 is 21.9. The van der Waals surface area contributed by atoms with E-state index in [9.17, 15) is 76.3 Å². The third-order valence-electron chi connectivity index (χ3n) is 13.2. The van der Waals surface area contributed by atoms with E-state index in [1.807, 2.05) is 18.2 Å². The molecule has 8 N–H and O–H groups in total. The number of amides is 4. The van der Waals surface area contributed by atoms with Crippen LogP contribution in [0.15, 0.2) is 168 Å². The van der Waals surface area contributed by atoms with Crippen molar-refractivity contribution in [1.29, 1.82) is 0 Å². The van der Waals surface area contributed by atoms with Gasteiger partial charge in [-0.2, -0.15) is 13.2 Å². The molecule has 0 spiro atoms. The quantitative estimate of drug-likeness (QED) is 0.0261. The van der Waals surface area contributed by atoms with E-state index >= 15 is 0 Å². The molecule has 0 aromatic heterocycles. The first-order valence-corrected chi connectivity index (χ1v) is 33.5. The summed E-state index contributed by atoms with van der Waals surface area (Å²) in [6.45, 7) is 7.18. The summed E-state index contributed by atoms with van der Waals surface area (Å²) < 4.78 is 76.3. The summed E-state index contributed by atoms with van der Waals surface area (Å²) in [5.41, 5.74) is 2.54. The number of hydrogen-bond acceptors (Lipinski definition) is 12. The fourth-order valence-electron chi connectivity index (χ4n) is 8.00. The first-order valence-electron chi connectivity index (χ1n) is 29.2. The Balaban J connectivity index is 0.000000238. The van der Waals surface area contributed by atoms with Gasteiger partial charge in [0.05, 0.1) is 60.1 Å². The fourth-order valence-corrected chi connectivity index (χ4v) is 10.0. The number of hydrogen-bond donors (Lipinski definition) is 8. The van der Waals surface area contributed by atoms with E-state index in [0.29, 0.717) is 49.0 Å². The van der Waals surface area contributed by atoms with Crippen molar-refractivity contribution in [2.24, 2.45) is 0 Å². The first kappa shape index (κ1) is 80.8. The lowest BCUT2D eigenvalue weighted by Crippen LogP contribution is -2.13. The van der Waals surface area contributed by atoms with Gasteiger partial charge in [0.2, 0.25) is 23.6 Å². The number of halogens is 10. The van der Waals surface area contributed by atoms with Gasteiger partial charge in [0, 0.05) is 43.6 Å². The van der Waals surface area contributed by atoms with Crippen LogP contribution in [0.2, 0.25) is 5.02 Å². The molecule has 0 fully saturated rings. The zero-order valence-electron chi connectivity index (χ0n) is 52.5. The lowest BCUT2D eigenvalue weighted by atomic mass is 10.1. The highest BCUT2D eigenvalue weighted by Crippen LogP contribution is 2.37. The van der Waals surface area contributed by atoms with Gasteiger partial charge in [-0.25, -0.2) is 23.6 Å². The molecule has 8 aromatic carbocycles. The topological polar surface area (TPSA) is 303 Å². The summed E-state index contributed by atoms with van der Waals surface area (Å²) in [5.74, 6) is -4.15. The van der Waals surface area contributed by atoms with Crippen LogP contribution in [0.5, 0.6) is 23.0 Å². The van der Waals surface area contributed by atoms with Crippen LogP contribution in [0, 0.1) is 5.82 Å². The van der Waals surface area contributed by atoms with Crippen LogP contribution >= 0.6 is 91.3 Å². The van der Waals surface area contributed by atoms with Crippen molar-refractivity contribution in [2.75, 3.05) is 21.3 Å². The monoisotopic (exact) mass is 1710 g/mol. The zero-order valence-corrected chi connectivity index (χ0v) is 61.2. The Morgan fingerprint density at radius 2 is 0.657 bits per heavy atom. The van der Waals surface area contributed by atoms with E-state index in [2.05, 4.69) is 101 Å². The van der Waals surface area contributed by atoms with Crippen molar-refractivity contribution in [3.05, 3.63) is 229 Å². The molecule has 0 aliphatic carbocycles. The van der Waals surface area contributed by atoms with Crippen molar-refractivity contribution in [3.63, 3.8) is 0 Å². The maximum absolute atomic E-state index is 13.2. The predicted octanol–water partition coefficient (Wildman–Crippen LogP) is 18.9. The van der Waals surface area contributed by atoms with Gasteiger partial charge >= 0.3 is 30.1 Å². The highest BCUT2D eigenvalue weighted by atomic mass is 79.9. The van der Waals surface area contributed by atoms with Gasteiger partial charge in [0.1, 0.15) is 55.2 Å². The Kier molecular flexibility index (Phi) is 31.9. The highest BCUT2D eigenvalue weighted by Gasteiger charge is 2.33. The van der Waals surface area contributed by atoms with E-state index in [-0.39, 0.29) is 135 Å². The number of carbonyl (C=O) groups excluding carboxylic acids is 4. The van der Waals surface area contributed by atoms with Crippen LogP contribution in [0.25, 0.3) is 0 Å². The first-order chi connectivity index (χ1) is 46.8. The second-order valence-corrected chi connectivity index (χ2v) is 25.0. The molecule has 0 bridgehead atoms. The molecule has 20 nitrogen and oxygen atoms in total. The number of nitrogens with one attached hydrogen (secondary N) is 4. The Morgan fingerprint density at radius 1 is 0.374 bits per heavy atom. The molecule has 0 heterocycles. The van der Waals surface area contributed by atoms with Gasteiger partial charge in [0.25, 0.3) is 0 Å². The number of carboxylic acid groups (broad SMARTS) is 4. The molecule has 8 rings (SSSR count). The minimum atomic E-state index is -4.48. The van der Waals surface area contributed by atoms with Crippen molar-refractivity contribution in [1.82, 2.24) is 0 Å². The smallest absolute Gasteiger partial charge is 0.417 e. The van der Waals surface area contributed by atoms with Crippen LogP contribution in [-0.2, 0) is 51.8 Å². The molecule has 0 aliphatic heterocycles. The lowest BCUT2D eigenvalue weighted by Gasteiger charge is -2.13. The Bertz CT molecular complexity index is 3970. The maximum Gasteiger partial charge on any atom is 0.417 e. The molecule has 0 saturated carbocycles. The summed E-state index contributed by atoms with van der Waals surface area (Å²) in [4.78, 5) is 91.4. The lowest BCUT2D eigenvalue weighted by molar-refractivity contribution is -0.138. The highest BCUT2D eigenvalue weighted by molar-refractivity contribution is 9.13. The standard InChI is InChI=1S/C18H15BrF3NO4.C17H15Br2NO4.C17H15BrClNO4.C17H15BrFNO4/c1-2-16(24)23-15-6-3-10(7-12(15)17(25)26)9-27-11-4-5-13(14(19)8-11)18(20,21)22;1-2-16(21)20-15-6-3-10(7-12(15)17(22)23)9-24-11-4-5-13(18)14(19)8-11;2*1-2-16(21)20-15-6-3-10(7-12(15)17(22)23)9-24-11-4-5-14(19)13(18)8-11/h3-8H,2,9H2,1H3,(H,23,24)(H,25,26);3*3-8H,2,9H2,1H3,(H,20,21)(H,22,23). The van der Waals surface area contributed by atoms with Crippen LogP contribution < -0.4 is 40.2 Å². The van der Waals surface area contributed by atoms with Gasteiger partial charge in [-0.1, -0.05) is 79.5 Å². The SMILES string of the molecule is CCC(=O)Nc1ccc(COc2ccc(Br)c(Br)c2)cc1C(=O)O.CCC(=O)Nc1ccc(COc2ccc(C(F)(F)F)c(Br)c2)cc1C(=O)O.CCC(=O)Nc1ccc(COc2ccc(Cl)c(Br)c2)cc1C(=O)O.CCC(=O)Nc1ccc(COc2ccc(F)c(Br)c2)cc1C(=O)O. The van der Waals surface area contributed by atoms with E-state index in [1.165, 1.54) is 66.7 Å². The molecule has 522 valence electrons. The van der Waals surface area contributed by atoms with E-state index in [0.717, 1.165) is 15.0 Å². The molecule has 4 amide bonds. The second kappa shape index (κ2) is 39.1. The average molecular weight is 1710 g/mol. The van der Waals surface area contributed by atoms with Crippen molar-refractivity contribution < 1.29 is 95.3 Å². The Hall–Kier alpha value is -8.87. The number of ether oxygens (including phenoxy) is 4. The largest absolute Gasteiger partial charge is 0.489 e. The predicted molar refractivity (Wildman–Crippen MR) is 381 cm³/mol. The van der Waals surface area contributed by atoms with Crippen LogP contribution in [-0.4, -0.2) is 67.9 Å². The molecular formula is C69H60Br5ClF4N4O16. The normalized spacial score (nSPS) is 10.5. The number of benzene rings is 8. The van der Waals surface area contributed by atoms with Gasteiger partial charge in [-0.05, 0) is 207 Å². The molecule has 0 radical (unpaired) electrons. The van der Waals surface area contributed by atoms with Gasteiger partial charge in [0.15, 0.2) is 0 Å². The summed E-state index contributed by atoms with van der Waals surface area (Å²) in [6, 6.07) is 36.7. The fraction of sp³-hybridized carbons (Fsp3) is 0.188. The van der Waals surface area contributed by atoms with Crippen LogP contribution in [0.4, 0.5) is 40.3 Å². The van der Waals surface area contributed by atoms with E-state index in [4.69, 9.17) is 30.5 Å². The zero-order chi connectivity index (χ0) is 73.3. The molecule has 0 saturated heterocycles. The minimum absolute atomic E-state index is 0.0156. The van der Waals surface area contributed by atoms with Gasteiger partial charge in [-0.15, -0.1) is 0 Å². The van der Waals surface area contributed by atoms with Crippen molar-refractivity contribution in [2.45, 2.75) is 86.0 Å². The maximum atomic E-state index is 13.2.